The molecule has 0 aliphatic rings. The third-order valence-electron chi connectivity index (χ3n) is 5.20. The topological polar surface area (TPSA) is 102 Å². The SMILES string of the molecule is COc1ccc([C@H](NC(=O)CCn2c(=O)[nH]c3ccccc3c2=O)C(C)C)cc1OC. The Labute approximate surface area is 179 Å². The summed E-state index contributed by atoms with van der Waals surface area (Å²) < 4.78 is 11.7. The highest BCUT2D eigenvalue weighted by molar-refractivity contribution is 5.77. The van der Waals surface area contributed by atoms with Crippen LogP contribution < -0.4 is 26.0 Å². The van der Waals surface area contributed by atoms with Crippen LogP contribution in [0.1, 0.15) is 31.9 Å². The van der Waals surface area contributed by atoms with Gasteiger partial charge in [0.15, 0.2) is 11.5 Å². The molecule has 1 amide bonds. The van der Waals surface area contributed by atoms with E-state index in [-0.39, 0.29) is 30.8 Å². The Balaban J connectivity index is 1.77. The zero-order valence-corrected chi connectivity index (χ0v) is 18.1. The summed E-state index contributed by atoms with van der Waals surface area (Å²) in [5.74, 6) is 1.03. The summed E-state index contributed by atoms with van der Waals surface area (Å²) >= 11 is 0. The molecular weight excluding hydrogens is 398 g/mol. The number of fused-ring (bicyclic) bond motifs is 1. The molecule has 2 N–H and O–H groups in total. The van der Waals surface area contributed by atoms with Crippen molar-refractivity contribution in [1.29, 1.82) is 0 Å². The van der Waals surface area contributed by atoms with Crippen LogP contribution in [-0.2, 0) is 11.3 Å². The number of carbonyl (C=O) groups is 1. The lowest BCUT2D eigenvalue weighted by Crippen LogP contribution is -2.38. The fourth-order valence-corrected chi connectivity index (χ4v) is 3.54. The zero-order chi connectivity index (χ0) is 22.5. The molecule has 31 heavy (non-hydrogen) atoms. The van der Waals surface area contributed by atoms with Crippen LogP contribution in [-0.4, -0.2) is 29.7 Å². The summed E-state index contributed by atoms with van der Waals surface area (Å²) in [6, 6.07) is 12.0. The van der Waals surface area contributed by atoms with Crippen molar-refractivity contribution in [3.05, 3.63) is 68.9 Å². The largest absolute Gasteiger partial charge is 0.493 e. The summed E-state index contributed by atoms with van der Waals surface area (Å²) in [6.45, 7) is 3.99. The maximum Gasteiger partial charge on any atom is 0.328 e. The zero-order valence-electron chi connectivity index (χ0n) is 18.1. The molecule has 3 rings (SSSR count). The number of benzene rings is 2. The van der Waals surface area contributed by atoms with Crippen LogP contribution >= 0.6 is 0 Å². The van der Waals surface area contributed by atoms with Gasteiger partial charge < -0.3 is 19.8 Å². The first-order valence-corrected chi connectivity index (χ1v) is 10.1. The Morgan fingerprint density at radius 3 is 2.45 bits per heavy atom. The normalized spacial score (nSPS) is 12.0. The Bertz CT molecular complexity index is 1200. The Kier molecular flexibility index (Phi) is 6.79. The highest BCUT2D eigenvalue weighted by Crippen LogP contribution is 2.32. The lowest BCUT2D eigenvalue weighted by molar-refractivity contribution is -0.122. The predicted molar refractivity (Wildman–Crippen MR) is 119 cm³/mol. The lowest BCUT2D eigenvalue weighted by Gasteiger charge is -2.24. The lowest BCUT2D eigenvalue weighted by atomic mass is 9.95. The number of carbonyl (C=O) groups excluding carboxylic acids is 1. The second kappa shape index (κ2) is 9.51. The van der Waals surface area contributed by atoms with Crippen molar-refractivity contribution >= 4 is 16.8 Å². The molecule has 2 aromatic carbocycles. The summed E-state index contributed by atoms with van der Waals surface area (Å²) in [4.78, 5) is 40.3. The maximum atomic E-state index is 12.7. The molecule has 0 saturated heterocycles. The van der Waals surface area contributed by atoms with Gasteiger partial charge in [-0.1, -0.05) is 32.0 Å². The van der Waals surface area contributed by atoms with Crippen LogP contribution in [0, 0.1) is 5.92 Å². The van der Waals surface area contributed by atoms with E-state index in [1.165, 1.54) is 0 Å². The minimum Gasteiger partial charge on any atom is -0.493 e. The van der Waals surface area contributed by atoms with E-state index in [2.05, 4.69) is 10.3 Å². The highest BCUT2D eigenvalue weighted by atomic mass is 16.5. The number of hydrogen-bond acceptors (Lipinski definition) is 5. The van der Waals surface area contributed by atoms with Gasteiger partial charge >= 0.3 is 5.69 Å². The van der Waals surface area contributed by atoms with E-state index in [0.29, 0.717) is 22.4 Å². The van der Waals surface area contributed by atoms with E-state index < -0.39 is 11.2 Å². The molecule has 0 bridgehead atoms. The molecule has 1 aromatic heterocycles. The average Bonchev–Trinajstić information content (AvgIpc) is 2.76. The number of rotatable bonds is 8. The summed E-state index contributed by atoms with van der Waals surface area (Å²) in [6.07, 6.45) is -0.00215. The second-order valence-corrected chi connectivity index (χ2v) is 7.59. The maximum absolute atomic E-state index is 12.7. The Morgan fingerprint density at radius 2 is 1.77 bits per heavy atom. The number of nitrogens with zero attached hydrogens (tertiary/aromatic N) is 1. The fourth-order valence-electron chi connectivity index (χ4n) is 3.54. The van der Waals surface area contributed by atoms with Gasteiger partial charge in [0.1, 0.15) is 0 Å². The predicted octanol–water partition coefficient (Wildman–Crippen LogP) is 2.61. The van der Waals surface area contributed by atoms with Gasteiger partial charge in [0.05, 0.1) is 31.2 Å². The molecule has 0 aliphatic carbocycles. The van der Waals surface area contributed by atoms with E-state index in [4.69, 9.17) is 9.47 Å². The van der Waals surface area contributed by atoms with Crippen molar-refractivity contribution in [2.24, 2.45) is 5.92 Å². The van der Waals surface area contributed by atoms with Gasteiger partial charge in [0, 0.05) is 13.0 Å². The standard InChI is InChI=1S/C23H27N3O5/c1-14(2)21(15-9-10-18(30-3)19(13-15)31-4)25-20(27)11-12-26-22(28)16-7-5-6-8-17(16)24-23(26)29/h5-10,13-14,21H,11-12H2,1-4H3,(H,24,29)(H,25,27)/t21-/m1/s1. The summed E-state index contributed by atoms with van der Waals surface area (Å²) in [5.41, 5.74) is 0.414. The van der Waals surface area contributed by atoms with Crippen molar-refractivity contribution in [1.82, 2.24) is 14.9 Å². The molecule has 1 atom stereocenters. The number of aromatic nitrogens is 2. The summed E-state index contributed by atoms with van der Waals surface area (Å²) in [7, 11) is 3.12. The number of hydrogen-bond donors (Lipinski definition) is 2. The van der Waals surface area contributed by atoms with Crippen LogP contribution in [0.5, 0.6) is 11.5 Å². The Hall–Kier alpha value is -3.55. The minimum absolute atomic E-state index is 0.00215. The number of para-hydroxylation sites is 1. The van der Waals surface area contributed by atoms with Crippen LogP contribution in [0.3, 0.4) is 0 Å². The van der Waals surface area contributed by atoms with Gasteiger partial charge in [-0.15, -0.1) is 0 Å². The van der Waals surface area contributed by atoms with Crippen molar-refractivity contribution < 1.29 is 14.3 Å². The van der Waals surface area contributed by atoms with Crippen LogP contribution in [0.15, 0.2) is 52.1 Å². The summed E-state index contributed by atoms with van der Waals surface area (Å²) in [5, 5.41) is 3.42. The van der Waals surface area contributed by atoms with Gasteiger partial charge in [-0.3, -0.25) is 14.2 Å². The molecule has 0 aliphatic heterocycles. The number of amides is 1. The van der Waals surface area contributed by atoms with Gasteiger partial charge in [-0.05, 0) is 35.7 Å². The van der Waals surface area contributed by atoms with Gasteiger partial charge in [0.25, 0.3) is 5.56 Å². The van der Waals surface area contributed by atoms with Crippen molar-refractivity contribution in [2.75, 3.05) is 14.2 Å². The molecule has 164 valence electrons. The molecule has 8 nitrogen and oxygen atoms in total. The van der Waals surface area contributed by atoms with E-state index in [1.807, 2.05) is 26.0 Å². The monoisotopic (exact) mass is 425 g/mol. The van der Waals surface area contributed by atoms with Gasteiger partial charge in [-0.25, -0.2) is 4.79 Å². The number of methoxy groups -OCH3 is 2. The fraction of sp³-hybridized carbons (Fsp3) is 0.348. The van der Waals surface area contributed by atoms with E-state index in [9.17, 15) is 14.4 Å². The highest BCUT2D eigenvalue weighted by Gasteiger charge is 2.20. The smallest absolute Gasteiger partial charge is 0.328 e. The van der Waals surface area contributed by atoms with Crippen molar-refractivity contribution in [2.45, 2.75) is 32.9 Å². The van der Waals surface area contributed by atoms with E-state index in [1.54, 1.807) is 44.6 Å². The molecule has 3 aromatic rings. The Morgan fingerprint density at radius 1 is 1.06 bits per heavy atom. The van der Waals surface area contributed by atoms with Crippen LogP contribution in [0.2, 0.25) is 0 Å². The molecule has 0 radical (unpaired) electrons. The molecule has 0 fully saturated rings. The number of H-pyrrole nitrogens is 1. The number of aromatic amines is 1. The molecule has 8 heteroatoms. The van der Waals surface area contributed by atoms with Gasteiger partial charge in [0.2, 0.25) is 5.91 Å². The second-order valence-electron chi connectivity index (χ2n) is 7.59. The van der Waals surface area contributed by atoms with Crippen LogP contribution in [0.25, 0.3) is 10.9 Å². The first-order valence-electron chi connectivity index (χ1n) is 10.1. The average molecular weight is 425 g/mol. The number of nitrogens with one attached hydrogen (secondary N) is 2. The van der Waals surface area contributed by atoms with E-state index >= 15 is 0 Å². The quantitative estimate of drug-likeness (QED) is 0.578. The molecule has 0 saturated carbocycles. The molecule has 0 unspecified atom stereocenters. The number of ether oxygens (including phenoxy) is 2. The molecular formula is C23H27N3O5. The van der Waals surface area contributed by atoms with Crippen LogP contribution in [0.4, 0.5) is 0 Å². The minimum atomic E-state index is -0.531. The third-order valence-corrected chi connectivity index (χ3v) is 5.20. The van der Waals surface area contributed by atoms with E-state index in [0.717, 1.165) is 10.1 Å². The van der Waals surface area contributed by atoms with Gasteiger partial charge in [-0.2, -0.15) is 0 Å². The molecule has 0 spiro atoms. The third kappa shape index (κ3) is 4.79. The van der Waals surface area contributed by atoms with Crippen molar-refractivity contribution in [3.8, 4) is 11.5 Å². The first-order chi connectivity index (χ1) is 14.8. The molecule has 1 heterocycles. The first kappa shape index (κ1) is 22.1. The van der Waals surface area contributed by atoms with Crippen molar-refractivity contribution in [3.63, 3.8) is 0 Å².